The Bertz CT molecular complexity index is 572. The molecule has 0 spiro atoms. The van der Waals surface area contributed by atoms with Crippen LogP contribution in [-0.2, 0) is 6.54 Å². The number of benzene rings is 2. The highest BCUT2D eigenvalue weighted by Gasteiger charge is 2.10. The Balaban J connectivity index is 2.04. The van der Waals surface area contributed by atoms with Gasteiger partial charge in [0.15, 0.2) is 0 Å². The second-order valence-corrected chi connectivity index (χ2v) is 4.44. The fraction of sp³-hybridized carbons (Fsp3) is 0.200. The summed E-state index contributed by atoms with van der Waals surface area (Å²) in [5.41, 5.74) is 1.24. The highest BCUT2D eigenvalue weighted by atomic mass is 19.1. The average Bonchev–Trinajstić information content (AvgIpc) is 2.38. The maximum absolute atomic E-state index is 13.6. The number of hydrogen-bond donors (Lipinski definition) is 3. The van der Waals surface area contributed by atoms with Gasteiger partial charge in [0.2, 0.25) is 0 Å². The molecule has 0 amide bonds. The molecule has 3 N–H and O–H groups in total. The van der Waals surface area contributed by atoms with E-state index < -0.39 is 0 Å². The first-order valence-corrected chi connectivity index (χ1v) is 6.06. The maximum Gasteiger partial charge on any atom is 0.127 e. The number of nitrogens with one attached hydrogen (secondary N) is 1. The van der Waals surface area contributed by atoms with Gasteiger partial charge in [-0.25, -0.2) is 4.39 Å². The highest BCUT2D eigenvalue weighted by Crippen LogP contribution is 2.23. The Morgan fingerprint density at radius 2 is 1.89 bits per heavy atom. The van der Waals surface area contributed by atoms with E-state index in [1.54, 1.807) is 24.3 Å². The van der Waals surface area contributed by atoms with Crippen LogP contribution in [0.25, 0.3) is 0 Å². The van der Waals surface area contributed by atoms with Crippen LogP contribution in [0.15, 0.2) is 42.5 Å². The zero-order valence-corrected chi connectivity index (χ0v) is 10.6. The largest absolute Gasteiger partial charge is 0.508 e. The Labute approximate surface area is 111 Å². The maximum atomic E-state index is 13.6. The van der Waals surface area contributed by atoms with Crippen molar-refractivity contribution in [3.8, 4) is 11.5 Å². The molecule has 2 aromatic carbocycles. The van der Waals surface area contributed by atoms with E-state index in [0.29, 0.717) is 17.7 Å². The van der Waals surface area contributed by atoms with Crippen LogP contribution in [0, 0.1) is 5.82 Å². The van der Waals surface area contributed by atoms with Crippen molar-refractivity contribution in [3.63, 3.8) is 0 Å². The first-order chi connectivity index (χ1) is 9.08. The van der Waals surface area contributed by atoms with Crippen molar-refractivity contribution in [2.24, 2.45) is 0 Å². The molecule has 19 heavy (non-hydrogen) atoms. The third-order valence-corrected chi connectivity index (χ3v) is 3.04. The summed E-state index contributed by atoms with van der Waals surface area (Å²) >= 11 is 0. The summed E-state index contributed by atoms with van der Waals surface area (Å²) in [5, 5.41) is 22.0. The second kappa shape index (κ2) is 5.71. The van der Waals surface area contributed by atoms with Gasteiger partial charge < -0.3 is 15.5 Å². The van der Waals surface area contributed by atoms with Crippen molar-refractivity contribution in [2.75, 3.05) is 0 Å². The number of phenolic OH excluding ortho intramolecular Hbond substituents is 2. The molecule has 0 radical (unpaired) electrons. The molecule has 100 valence electrons. The van der Waals surface area contributed by atoms with Gasteiger partial charge in [-0.1, -0.05) is 24.3 Å². The number of halogens is 1. The Hall–Kier alpha value is -2.07. The lowest BCUT2D eigenvalue weighted by molar-refractivity contribution is 0.440. The SMILES string of the molecule is C[C@@H](NCc1ccc(O)cc1O)c1ccccc1F. The molecule has 2 rings (SSSR count). The third-order valence-electron chi connectivity index (χ3n) is 3.04. The summed E-state index contributed by atoms with van der Waals surface area (Å²) < 4.78 is 13.6. The van der Waals surface area contributed by atoms with Crippen LogP contribution < -0.4 is 5.32 Å². The van der Waals surface area contributed by atoms with E-state index in [1.165, 1.54) is 18.2 Å². The van der Waals surface area contributed by atoms with E-state index in [1.807, 2.05) is 6.92 Å². The zero-order chi connectivity index (χ0) is 13.8. The molecule has 0 aromatic heterocycles. The molecule has 0 heterocycles. The van der Waals surface area contributed by atoms with Crippen molar-refractivity contribution in [1.82, 2.24) is 5.32 Å². The van der Waals surface area contributed by atoms with Gasteiger partial charge in [-0.3, -0.25) is 0 Å². The molecule has 0 saturated carbocycles. The molecule has 0 fully saturated rings. The van der Waals surface area contributed by atoms with Crippen LogP contribution in [0.5, 0.6) is 11.5 Å². The van der Waals surface area contributed by atoms with Gasteiger partial charge in [0, 0.05) is 29.8 Å². The van der Waals surface area contributed by atoms with Crippen molar-refractivity contribution in [3.05, 3.63) is 59.4 Å². The Morgan fingerprint density at radius 1 is 1.16 bits per heavy atom. The van der Waals surface area contributed by atoms with Crippen LogP contribution in [0.4, 0.5) is 4.39 Å². The minimum Gasteiger partial charge on any atom is -0.508 e. The minimum absolute atomic E-state index is 0.0170. The quantitative estimate of drug-likeness (QED) is 0.792. The van der Waals surface area contributed by atoms with Crippen molar-refractivity contribution >= 4 is 0 Å². The standard InChI is InChI=1S/C15H16FNO2/c1-10(13-4-2-3-5-14(13)16)17-9-11-6-7-12(18)8-15(11)19/h2-8,10,17-19H,9H2,1H3/t10-/m1/s1. The number of rotatable bonds is 4. The molecular formula is C15H16FNO2. The van der Waals surface area contributed by atoms with Gasteiger partial charge in [-0.2, -0.15) is 0 Å². The first-order valence-electron chi connectivity index (χ1n) is 6.06. The predicted molar refractivity (Wildman–Crippen MR) is 71.4 cm³/mol. The molecular weight excluding hydrogens is 245 g/mol. The van der Waals surface area contributed by atoms with Gasteiger partial charge in [0.05, 0.1) is 0 Å². The normalized spacial score (nSPS) is 12.3. The van der Waals surface area contributed by atoms with Crippen LogP contribution in [-0.4, -0.2) is 10.2 Å². The third kappa shape index (κ3) is 3.23. The van der Waals surface area contributed by atoms with E-state index in [2.05, 4.69) is 5.32 Å². The fourth-order valence-corrected chi connectivity index (χ4v) is 1.90. The summed E-state index contributed by atoms with van der Waals surface area (Å²) in [6, 6.07) is 10.8. The van der Waals surface area contributed by atoms with Gasteiger partial charge in [0.25, 0.3) is 0 Å². The molecule has 0 aliphatic heterocycles. The molecule has 0 unspecified atom stereocenters. The summed E-state index contributed by atoms with van der Waals surface area (Å²) in [6.07, 6.45) is 0. The first kappa shape index (κ1) is 13.4. The lowest BCUT2D eigenvalue weighted by Crippen LogP contribution is -2.19. The summed E-state index contributed by atoms with van der Waals surface area (Å²) in [6.45, 7) is 2.25. The van der Waals surface area contributed by atoms with Crippen LogP contribution in [0.1, 0.15) is 24.1 Å². The fourth-order valence-electron chi connectivity index (χ4n) is 1.90. The van der Waals surface area contributed by atoms with E-state index >= 15 is 0 Å². The highest BCUT2D eigenvalue weighted by molar-refractivity contribution is 5.38. The van der Waals surface area contributed by atoms with E-state index in [0.717, 1.165) is 0 Å². The lowest BCUT2D eigenvalue weighted by atomic mass is 10.1. The molecule has 0 bridgehead atoms. The van der Waals surface area contributed by atoms with Crippen molar-refractivity contribution in [1.29, 1.82) is 0 Å². The van der Waals surface area contributed by atoms with Gasteiger partial charge in [-0.15, -0.1) is 0 Å². The molecule has 0 aliphatic rings. The summed E-state index contributed by atoms with van der Waals surface area (Å²) in [7, 11) is 0. The van der Waals surface area contributed by atoms with Gasteiger partial charge in [0.1, 0.15) is 17.3 Å². The van der Waals surface area contributed by atoms with E-state index in [-0.39, 0.29) is 23.4 Å². The smallest absolute Gasteiger partial charge is 0.127 e. The van der Waals surface area contributed by atoms with E-state index in [9.17, 15) is 14.6 Å². The predicted octanol–water partition coefficient (Wildman–Crippen LogP) is 3.09. The second-order valence-electron chi connectivity index (χ2n) is 4.44. The van der Waals surface area contributed by atoms with Crippen molar-refractivity contribution in [2.45, 2.75) is 19.5 Å². The molecule has 1 atom stereocenters. The molecule has 0 aliphatic carbocycles. The Morgan fingerprint density at radius 3 is 2.58 bits per heavy atom. The molecule has 2 aromatic rings. The molecule has 0 saturated heterocycles. The van der Waals surface area contributed by atoms with Crippen LogP contribution in [0.2, 0.25) is 0 Å². The molecule has 4 heteroatoms. The van der Waals surface area contributed by atoms with Crippen LogP contribution in [0.3, 0.4) is 0 Å². The number of aromatic hydroxyl groups is 2. The zero-order valence-electron chi connectivity index (χ0n) is 10.6. The van der Waals surface area contributed by atoms with Crippen LogP contribution >= 0.6 is 0 Å². The van der Waals surface area contributed by atoms with E-state index in [4.69, 9.17) is 0 Å². The monoisotopic (exact) mass is 261 g/mol. The number of phenols is 2. The minimum atomic E-state index is -0.252. The molecule has 3 nitrogen and oxygen atoms in total. The topological polar surface area (TPSA) is 52.5 Å². The van der Waals surface area contributed by atoms with Gasteiger partial charge in [-0.05, 0) is 19.1 Å². The summed E-state index contributed by atoms with van der Waals surface area (Å²) in [5.74, 6) is -0.214. The number of hydrogen-bond acceptors (Lipinski definition) is 3. The van der Waals surface area contributed by atoms with Gasteiger partial charge >= 0.3 is 0 Å². The Kier molecular flexibility index (Phi) is 4.02. The summed E-state index contributed by atoms with van der Waals surface area (Å²) in [4.78, 5) is 0. The van der Waals surface area contributed by atoms with Crippen molar-refractivity contribution < 1.29 is 14.6 Å². The lowest BCUT2D eigenvalue weighted by Gasteiger charge is -2.15. The average molecular weight is 261 g/mol.